The summed E-state index contributed by atoms with van der Waals surface area (Å²) < 4.78 is 5.42. The van der Waals surface area contributed by atoms with E-state index in [9.17, 15) is 0 Å². The molecule has 0 saturated carbocycles. The van der Waals surface area contributed by atoms with E-state index in [-0.39, 0.29) is 0 Å². The van der Waals surface area contributed by atoms with E-state index in [0.717, 1.165) is 25.3 Å². The average Bonchev–Trinajstić information content (AvgIpc) is 2.47. The molecule has 3 nitrogen and oxygen atoms in total. The smallest absolute Gasteiger partial charge is 0.122 e. The second-order valence-electron chi connectivity index (χ2n) is 5.61. The van der Waals surface area contributed by atoms with Crippen LogP contribution in [-0.2, 0) is 6.42 Å². The zero-order chi connectivity index (χ0) is 15.0. The van der Waals surface area contributed by atoms with Crippen LogP contribution in [0.4, 0.5) is 0 Å². The van der Waals surface area contributed by atoms with Crippen molar-refractivity contribution in [2.75, 3.05) is 27.2 Å². The van der Waals surface area contributed by atoms with Gasteiger partial charge in [0.25, 0.3) is 0 Å². The van der Waals surface area contributed by atoms with Crippen LogP contribution < -0.4 is 10.1 Å². The molecular weight excluding hydrogens is 248 g/mol. The van der Waals surface area contributed by atoms with Crippen molar-refractivity contribution >= 4 is 0 Å². The van der Waals surface area contributed by atoms with Crippen molar-refractivity contribution in [3.05, 3.63) is 29.8 Å². The predicted octanol–water partition coefficient (Wildman–Crippen LogP) is 2.95. The standard InChI is InChI=1S/C17H30N2O/c1-6-14(2)18-11-12-19(4)15(3)13-16-9-7-8-10-17(16)20-5/h7-10,14-15,18H,6,11-13H2,1-5H3. The van der Waals surface area contributed by atoms with Crippen LogP contribution in [0.25, 0.3) is 0 Å². The third kappa shape index (κ3) is 5.51. The first-order valence-corrected chi connectivity index (χ1v) is 7.64. The van der Waals surface area contributed by atoms with Gasteiger partial charge < -0.3 is 15.0 Å². The van der Waals surface area contributed by atoms with Gasteiger partial charge in [0.15, 0.2) is 0 Å². The van der Waals surface area contributed by atoms with E-state index in [1.165, 1.54) is 12.0 Å². The molecule has 2 atom stereocenters. The number of rotatable bonds is 9. The van der Waals surface area contributed by atoms with E-state index in [4.69, 9.17) is 4.74 Å². The monoisotopic (exact) mass is 278 g/mol. The van der Waals surface area contributed by atoms with Gasteiger partial charge in [-0.2, -0.15) is 0 Å². The first kappa shape index (κ1) is 17.0. The zero-order valence-corrected chi connectivity index (χ0v) is 13.6. The van der Waals surface area contributed by atoms with Crippen LogP contribution in [-0.4, -0.2) is 44.2 Å². The molecule has 0 aliphatic heterocycles. The Morgan fingerprint density at radius 2 is 1.95 bits per heavy atom. The fourth-order valence-corrected chi connectivity index (χ4v) is 2.20. The van der Waals surface area contributed by atoms with Gasteiger partial charge >= 0.3 is 0 Å². The Bertz CT molecular complexity index is 381. The van der Waals surface area contributed by atoms with Crippen LogP contribution in [0.1, 0.15) is 32.8 Å². The topological polar surface area (TPSA) is 24.5 Å². The summed E-state index contributed by atoms with van der Waals surface area (Å²) in [5, 5.41) is 3.54. The molecule has 0 saturated heterocycles. The Balaban J connectivity index is 2.43. The van der Waals surface area contributed by atoms with Crippen molar-refractivity contribution in [1.82, 2.24) is 10.2 Å². The van der Waals surface area contributed by atoms with E-state index >= 15 is 0 Å². The third-order valence-electron chi connectivity index (χ3n) is 4.03. The first-order chi connectivity index (χ1) is 9.58. The maximum Gasteiger partial charge on any atom is 0.122 e. The lowest BCUT2D eigenvalue weighted by Crippen LogP contribution is -2.38. The molecule has 0 aliphatic carbocycles. The van der Waals surface area contributed by atoms with Gasteiger partial charge in [-0.05, 0) is 45.4 Å². The Hall–Kier alpha value is -1.06. The molecule has 0 spiro atoms. The summed E-state index contributed by atoms with van der Waals surface area (Å²) in [5.41, 5.74) is 1.28. The lowest BCUT2D eigenvalue weighted by molar-refractivity contribution is 0.251. The maximum atomic E-state index is 5.42. The molecule has 20 heavy (non-hydrogen) atoms. The SMILES string of the molecule is CCC(C)NCCN(C)C(C)Cc1ccccc1OC. The largest absolute Gasteiger partial charge is 0.496 e. The molecule has 0 radical (unpaired) electrons. The van der Waals surface area contributed by atoms with Gasteiger partial charge in [-0.25, -0.2) is 0 Å². The number of benzene rings is 1. The fourth-order valence-electron chi connectivity index (χ4n) is 2.20. The summed E-state index contributed by atoms with van der Waals surface area (Å²) in [5.74, 6) is 0.991. The van der Waals surface area contributed by atoms with E-state index in [1.807, 2.05) is 12.1 Å². The minimum Gasteiger partial charge on any atom is -0.496 e. The normalized spacial score (nSPS) is 14.3. The molecule has 0 fully saturated rings. The van der Waals surface area contributed by atoms with Crippen LogP contribution in [0.2, 0.25) is 0 Å². The Labute approximate surface area is 124 Å². The Kier molecular flexibility index (Phi) is 7.63. The maximum absolute atomic E-state index is 5.42. The van der Waals surface area contributed by atoms with Gasteiger partial charge in [0.1, 0.15) is 5.75 Å². The molecule has 1 aromatic rings. The highest BCUT2D eigenvalue weighted by molar-refractivity contribution is 5.33. The lowest BCUT2D eigenvalue weighted by atomic mass is 10.1. The second kappa shape index (κ2) is 8.98. The van der Waals surface area contributed by atoms with Gasteiger partial charge in [0.05, 0.1) is 7.11 Å². The summed E-state index contributed by atoms with van der Waals surface area (Å²) in [7, 11) is 3.93. The summed E-state index contributed by atoms with van der Waals surface area (Å²) in [4.78, 5) is 2.40. The summed E-state index contributed by atoms with van der Waals surface area (Å²) in [6.45, 7) is 8.84. The molecule has 2 unspecified atom stereocenters. The Morgan fingerprint density at radius 1 is 1.25 bits per heavy atom. The number of nitrogens with zero attached hydrogens (tertiary/aromatic N) is 1. The minimum atomic E-state index is 0.505. The van der Waals surface area contributed by atoms with Gasteiger partial charge in [0.2, 0.25) is 0 Å². The van der Waals surface area contributed by atoms with E-state index < -0.39 is 0 Å². The van der Waals surface area contributed by atoms with Crippen molar-refractivity contribution in [2.45, 2.75) is 45.7 Å². The van der Waals surface area contributed by atoms with Crippen molar-refractivity contribution in [2.24, 2.45) is 0 Å². The summed E-state index contributed by atoms with van der Waals surface area (Å²) in [6.07, 6.45) is 2.20. The Morgan fingerprint density at radius 3 is 2.60 bits per heavy atom. The number of hydrogen-bond acceptors (Lipinski definition) is 3. The van der Waals surface area contributed by atoms with Gasteiger partial charge in [0, 0.05) is 25.2 Å². The number of likely N-dealkylation sites (N-methyl/N-ethyl adjacent to an activating group) is 1. The quantitative estimate of drug-likeness (QED) is 0.751. The number of hydrogen-bond donors (Lipinski definition) is 1. The van der Waals surface area contributed by atoms with Gasteiger partial charge in [-0.3, -0.25) is 0 Å². The van der Waals surface area contributed by atoms with Gasteiger partial charge in [-0.1, -0.05) is 25.1 Å². The highest BCUT2D eigenvalue weighted by atomic mass is 16.5. The lowest BCUT2D eigenvalue weighted by Gasteiger charge is -2.26. The second-order valence-corrected chi connectivity index (χ2v) is 5.61. The number of nitrogens with one attached hydrogen (secondary N) is 1. The average molecular weight is 278 g/mol. The molecule has 1 rings (SSSR count). The van der Waals surface area contributed by atoms with Crippen molar-refractivity contribution < 1.29 is 4.74 Å². The van der Waals surface area contributed by atoms with Crippen molar-refractivity contribution in [1.29, 1.82) is 0 Å². The van der Waals surface area contributed by atoms with E-state index in [1.54, 1.807) is 7.11 Å². The van der Waals surface area contributed by atoms with Crippen LogP contribution in [0.5, 0.6) is 5.75 Å². The highest BCUT2D eigenvalue weighted by Gasteiger charge is 2.12. The van der Waals surface area contributed by atoms with E-state index in [0.29, 0.717) is 12.1 Å². The molecule has 1 N–H and O–H groups in total. The summed E-state index contributed by atoms with van der Waals surface area (Å²) in [6, 6.07) is 9.40. The molecule has 0 bridgehead atoms. The first-order valence-electron chi connectivity index (χ1n) is 7.64. The third-order valence-corrected chi connectivity index (χ3v) is 4.03. The molecule has 1 aromatic carbocycles. The molecule has 114 valence electrons. The van der Waals surface area contributed by atoms with E-state index in [2.05, 4.69) is 50.2 Å². The predicted molar refractivity (Wildman–Crippen MR) is 86.5 cm³/mol. The molecule has 3 heteroatoms. The number of para-hydroxylation sites is 1. The van der Waals surface area contributed by atoms with Gasteiger partial charge in [-0.15, -0.1) is 0 Å². The van der Waals surface area contributed by atoms with Crippen molar-refractivity contribution in [3.63, 3.8) is 0 Å². The van der Waals surface area contributed by atoms with Crippen LogP contribution >= 0.6 is 0 Å². The molecule has 0 amide bonds. The number of methoxy groups -OCH3 is 1. The number of ether oxygens (including phenoxy) is 1. The molecule has 0 aliphatic rings. The zero-order valence-electron chi connectivity index (χ0n) is 13.6. The van der Waals surface area contributed by atoms with Crippen molar-refractivity contribution in [3.8, 4) is 5.75 Å². The summed E-state index contributed by atoms with van der Waals surface area (Å²) >= 11 is 0. The minimum absolute atomic E-state index is 0.505. The fraction of sp³-hybridized carbons (Fsp3) is 0.647. The molecular formula is C17H30N2O. The van der Waals surface area contributed by atoms with Crippen LogP contribution in [0, 0.1) is 0 Å². The molecule has 0 heterocycles. The molecule has 0 aromatic heterocycles. The highest BCUT2D eigenvalue weighted by Crippen LogP contribution is 2.19. The van der Waals surface area contributed by atoms with Crippen LogP contribution in [0.15, 0.2) is 24.3 Å². The van der Waals surface area contributed by atoms with Crippen LogP contribution in [0.3, 0.4) is 0 Å².